The van der Waals surface area contributed by atoms with Crippen LogP contribution >= 0.6 is 12.2 Å². The first-order valence-electron chi connectivity index (χ1n) is 7.25. The number of aromatic nitrogens is 1. The van der Waals surface area contributed by atoms with Crippen molar-refractivity contribution in [2.24, 2.45) is 17.6 Å². The van der Waals surface area contributed by atoms with Crippen LogP contribution in [0.2, 0.25) is 0 Å². The smallest absolute Gasteiger partial charge is 0.138 e. The lowest BCUT2D eigenvalue weighted by atomic mass is 9.75. The second-order valence-corrected chi connectivity index (χ2v) is 6.22. The van der Waals surface area contributed by atoms with Crippen LogP contribution < -0.4 is 10.6 Å². The van der Waals surface area contributed by atoms with E-state index in [1.807, 2.05) is 18.3 Å². The summed E-state index contributed by atoms with van der Waals surface area (Å²) in [6, 6.07) is 3.89. The van der Waals surface area contributed by atoms with Gasteiger partial charge in [0.05, 0.1) is 5.56 Å². The maximum atomic E-state index is 5.82. The van der Waals surface area contributed by atoms with Crippen LogP contribution in [0.25, 0.3) is 0 Å². The van der Waals surface area contributed by atoms with E-state index in [1.54, 1.807) is 0 Å². The number of rotatable bonds is 2. The molecule has 1 saturated carbocycles. The number of piperidine rings is 1. The van der Waals surface area contributed by atoms with Crippen LogP contribution in [0.5, 0.6) is 0 Å². The third kappa shape index (κ3) is 2.59. The van der Waals surface area contributed by atoms with Gasteiger partial charge in [0.25, 0.3) is 0 Å². The summed E-state index contributed by atoms with van der Waals surface area (Å²) in [5.74, 6) is 2.75. The van der Waals surface area contributed by atoms with Crippen LogP contribution in [-0.2, 0) is 0 Å². The van der Waals surface area contributed by atoms with E-state index < -0.39 is 0 Å². The molecule has 1 aromatic heterocycles. The van der Waals surface area contributed by atoms with Gasteiger partial charge in [-0.15, -0.1) is 0 Å². The van der Waals surface area contributed by atoms with Gasteiger partial charge in [0.1, 0.15) is 10.8 Å². The molecule has 19 heavy (non-hydrogen) atoms. The Kier molecular flexibility index (Phi) is 3.69. The molecule has 3 nitrogen and oxygen atoms in total. The van der Waals surface area contributed by atoms with Gasteiger partial charge in [-0.05, 0) is 36.8 Å². The number of thiocarbonyl (C=S) groups is 1. The van der Waals surface area contributed by atoms with Crippen molar-refractivity contribution in [3.05, 3.63) is 23.9 Å². The van der Waals surface area contributed by atoms with Crippen LogP contribution in [-0.4, -0.2) is 23.1 Å². The topological polar surface area (TPSA) is 42.1 Å². The average Bonchev–Trinajstić information content (AvgIpc) is 2.46. The number of fused-ring (bicyclic) bond motifs is 1. The van der Waals surface area contributed by atoms with Crippen molar-refractivity contribution in [3.63, 3.8) is 0 Å². The highest BCUT2D eigenvalue weighted by Crippen LogP contribution is 2.37. The number of hydrogen-bond acceptors (Lipinski definition) is 3. The molecule has 0 spiro atoms. The third-order valence-corrected chi connectivity index (χ3v) is 4.86. The van der Waals surface area contributed by atoms with Crippen molar-refractivity contribution >= 4 is 23.0 Å². The maximum Gasteiger partial charge on any atom is 0.138 e. The highest BCUT2D eigenvalue weighted by atomic mass is 32.1. The minimum atomic E-state index is 0.453. The highest BCUT2D eigenvalue weighted by Gasteiger charge is 2.32. The summed E-state index contributed by atoms with van der Waals surface area (Å²) in [5, 5.41) is 0. The summed E-state index contributed by atoms with van der Waals surface area (Å²) in [5.41, 5.74) is 6.74. The van der Waals surface area contributed by atoms with E-state index in [0.717, 1.165) is 36.3 Å². The summed E-state index contributed by atoms with van der Waals surface area (Å²) in [6.45, 7) is 2.21. The van der Waals surface area contributed by atoms with Crippen LogP contribution in [0, 0.1) is 11.8 Å². The number of anilines is 1. The third-order valence-electron chi connectivity index (χ3n) is 4.64. The highest BCUT2D eigenvalue weighted by molar-refractivity contribution is 7.80. The molecule has 2 heterocycles. The molecule has 2 N–H and O–H groups in total. The molecule has 4 heteroatoms. The van der Waals surface area contributed by atoms with Crippen molar-refractivity contribution in [1.82, 2.24) is 4.98 Å². The fourth-order valence-electron chi connectivity index (χ4n) is 3.63. The molecule has 0 aromatic carbocycles. The summed E-state index contributed by atoms with van der Waals surface area (Å²) < 4.78 is 0. The molecule has 2 fully saturated rings. The van der Waals surface area contributed by atoms with Crippen molar-refractivity contribution in [2.75, 3.05) is 18.0 Å². The SMILES string of the molecule is NC(=S)c1cccnc1N1CCC2CCCCC2C1. The van der Waals surface area contributed by atoms with Gasteiger partial charge in [-0.1, -0.05) is 31.5 Å². The summed E-state index contributed by atoms with van der Waals surface area (Å²) in [4.78, 5) is 7.36. The zero-order valence-corrected chi connectivity index (χ0v) is 12.0. The molecule has 1 aromatic rings. The van der Waals surface area contributed by atoms with Gasteiger partial charge in [-0.2, -0.15) is 0 Å². The fourth-order valence-corrected chi connectivity index (χ4v) is 3.79. The van der Waals surface area contributed by atoms with E-state index in [4.69, 9.17) is 18.0 Å². The predicted molar refractivity (Wildman–Crippen MR) is 82.4 cm³/mol. The van der Waals surface area contributed by atoms with Gasteiger partial charge in [-0.25, -0.2) is 4.98 Å². The molecule has 102 valence electrons. The van der Waals surface area contributed by atoms with Gasteiger partial charge in [0, 0.05) is 19.3 Å². The summed E-state index contributed by atoms with van der Waals surface area (Å²) >= 11 is 5.14. The normalized spacial score (nSPS) is 26.8. The van der Waals surface area contributed by atoms with Gasteiger partial charge < -0.3 is 10.6 Å². The number of hydrogen-bond donors (Lipinski definition) is 1. The lowest BCUT2D eigenvalue weighted by molar-refractivity contribution is 0.202. The molecule has 1 aliphatic heterocycles. The largest absolute Gasteiger partial charge is 0.389 e. The molecule has 1 aliphatic carbocycles. The number of pyridine rings is 1. The lowest BCUT2D eigenvalue weighted by Crippen LogP contribution is -2.42. The molecule has 0 bridgehead atoms. The predicted octanol–water partition coefficient (Wildman–Crippen LogP) is 2.73. The molecule has 2 unspecified atom stereocenters. The van der Waals surface area contributed by atoms with Crippen molar-refractivity contribution in [1.29, 1.82) is 0 Å². The first-order chi connectivity index (χ1) is 9.25. The zero-order valence-electron chi connectivity index (χ0n) is 11.2. The Balaban J connectivity index is 1.81. The Hall–Kier alpha value is -1.16. The van der Waals surface area contributed by atoms with Gasteiger partial charge in [-0.3, -0.25) is 0 Å². The fraction of sp³-hybridized carbons (Fsp3) is 0.600. The maximum absolute atomic E-state index is 5.82. The van der Waals surface area contributed by atoms with E-state index >= 15 is 0 Å². The van der Waals surface area contributed by atoms with Gasteiger partial charge in [0.15, 0.2) is 0 Å². The van der Waals surface area contributed by atoms with Crippen LogP contribution in [0.3, 0.4) is 0 Å². The lowest BCUT2D eigenvalue weighted by Gasteiger charge is -2.42. The van der Waals surface area contributed by atoms with E-state index in [1.165, 1.54) is 32.1 Å². The average molecular weight is 275 g/mol. The second kappa shape index (κ2) is 5.45. The molecular formula is C15H21N3S. The van der Waals surface area contributed by atoms with Gasteiger partial charge in [0.2, 0.25) is 0 Å². The van der Waals surface area contributed by atoms with Crippen molar-refractivity contribution in [2.45, 2.75) is 32.1 Å². The van der Waals surface area contributed by atoms with E-state index in [0.29, 0.717) is 4.99 Å². The second-order valence-electron chi connectivity index (χ2n) is 5.78. The molecule has 3 rings (SSSR count). The van der Waals surface area contributed by atoms with Crippen molar-refractivity contribution in [3.8, 4) is 0 Å². The summed E-state index contributed by atoms with van der Waals surface area (Å²) in [7, 11) is 0. The number of nitrogens with two attached hydrogens (primary N) is 1. The quantitative estimate of drug-likeness (QED) is 0.843. The Morgan fingerprint density at radius 2 is 2.05 bits per heavy atom. The molecule has 0 radical (unpaired) electrons. The molecule has 1 saturated heterocycles. The molecule has 2 atom stereocenters. The minimum Gasteiger partial charge on any atom is -0.389 e. The van der Waals surface area contributed by atoms with Crippen molar-refractivity contribution < 1.29 is 0 Å². The number of nitrogens with zero attached hydrogens (tertiary/aromatic N) is 2. The van der Waals surface area contributed by atoms with Crippen LogP contribution in [0.4, 0.5) is 5.82 Å². The molecular weight excluding hydrogens is 254 g/mol. The van der Waals surface area contributed by atoms with E-state index in [9.17, 15) is 0 Å². The Bertz CT molecular complexity index is 474. The summed E-state index contributed by atoms with van der Waals surface area (Å²) in [6.07, 6.45) is 8.73. The minimum absolute atomic E-state index is 0.453. The van der Waals surface area contributed by atoms with Crippen LogP contribution in [0.1, 0.15) is 37.7 Å². The first kappa shape index (κ1) is 12.9. The standard InChI is InChI=1S/C15H21N3S/c16-14(19)13-6-3-8-17-15(13)18-9-7-11-4-1-2-5-12(11)10-18/h3,6,8,11-12H,1-2,4-5,7,9-10H2,(H2,16,19). The Morgan fingerprint density at radius 1 is 1.26 bits per heavy atom. The van der Waals surface area contributed by atoms with E-state index in [2.05, 4.69) is 9.88 Å². The molecule has 2 aliphatic rings. The van der Waals surface area contributed by atoms with E-state index in [-0.39, 0.29) is 0 Å². The Labute approximate surface area is 120 Å². The monoisotopic (exact) mass is 275 g/mol. The van der Waals surface area contributed by atoms with Gasteiger partial charge >= 0.3 is 0 Å². The molecule has 0 amide bonds. The first-order valence-corrected chi connectivity index (χ1v) is 7.66. The van der Waals surface area contributed by atoms with Crippen LogP contribution in [0.15, 0.2) is 18.3 Å². The Morgan fingerprint density at radius 3 is 2.84 bits per heavy atom. The zero-order chi connectivity index (χ0) is 13.2.